The zero-order valence-electron chi connectivity index (χ0n) is 8.86. The zero-order valence-corrected chi connectivity index (χ0v) is 9.75. The molecule has 0 fully saturated rings. The molecule has 0 bridgehead atoms. The SMILES string of the molecule is CN(CCC(F)(F)F)CC(C)(C)CS. The summed E-state index contributed by atoms with van der Waals surface area (Å²) in [5.74, 6) is 0.670. The van der Waals surface area contributed by atoms with E-state index in [0.29, 0.717) is 12.3 Å². The summed E-state index contributed by atoms with van der Waals surface area (Å²) in [7, 11) is 1.71. The maximum absolute atomic E-state index is 11.9. The molecule has 0 spiro atoms. The van der Waals surface area contributed by atoms with Crippen LogP contribution in [0.25, 0.3) is 0 Å². The van der Waals surface area contributed by atoms with Crippen molar-refractivity contribution in [1.82, 2.24) is 4.90 Å². The van der Waals surface area contributed by atoms with Gasteiger partial charge in [-0.3, -0.25) is 0 Å². The Balaban J connectivity index is 3.82. The quantitative estimate of drug-likeness (QED) is 0.709. The molecule has 0 heterocycles. The Kier molecular flexibility index (Phi) is 5.30. The van der Waals surface area contributed by atoms with Crippen LogP contribution in [0.2, 0.25) is 0 Å². The minimum absolute atomic E-state index is 0.0382. The topological polar surface area (TPSA) is 3.24 Å². The average Bonchev–Trinajstić information content (AvgIpc) is 1.99. The van der Waals surface area contributed by atoms with Gasteiger partial charge in [-0.15, -0.1) is 0 Å². The molecule has 0 aromatic heterocycles. The first-order valence-corrected chi connectivity index (χ1v) is 5.16. The van der Waals surface area contributed by atoms with E-state index < -0.39 is 12.6 Å². The number of alkyl halides is 3. The van der Waals surface area contributed by atoms with Crippen molar-refractivity contribution in [3.05, 3.63) is 0 Å². The summed E-state index contributed by atoms with van der Waals surface area (Å²) in [6.07, 6.45) is -4.80. The summed E-state index contributed by atoms with van der Waals surface area (Å²) >= 11 is 4.15. The highest BCUT2D eigenvalue weighted by atomic mass is 32.1. The summed E-state index contributed by atoms with van der Waals surface area (Å²) in [5, 5.41) is 0. The van der Waals surface area contributed by atoms with Gasteiger partial charge in [0.25, 0.3) is 0 Å². The van der Waals surface area contributed by atoms with Crippen molar-refractivity contribution < 1.29 is 13.2 Å². The molecule has 5 heteroatoms. The Morgan fingerprint density at radius 3 is 2.07 bits per heavy atom. The maximum Gasteiger partial charge on any atom is 0.390 e. The van der Waals surface area contributed by atoms with Crippen molar-refractivity contribution in [2.75, 3.05) is 25.9 Å². The lowest BCUT2D eigenvalue weighted by atomic mass is 9.96. The van der Waals surface area contributed by atoms with Crippen LogP contribution in [-0.4, -0.2) is 37.0 Å². The molecular weight excluding hydrogens is 211 g/mol. The Hall–Kier alpha value is 0.100. The van der Waals surface area contributed by atoms with E-state index in [-0.39, 0.29) is 12.0 Å². The lowest BCUT2D eigenvalue weighted by Gasteiger charge is -2.28. The summed E-state index contributed by atoms with van der Waals surface area (Å²) in [6, 6.07) is 0. The number of hydrogen-bond acceptors (Lipinski definition) is 2. The molecule has 0 unspecified atom stereocenters. The Morgan fingerprint density at radius 2 is 1.71 bits per heavy atom. The first kappa shape index (κ1) is 14.1. The van der Waals surface area contributed by atoms with Gasteiger partial charge in [0, 0.05) is 13.1 Å². The van der Waals surface area contributed by atoms with Crippen LogP contribution in [0.5, 0.6) is 0 Å². The lowest BCUT2D eigenvalue weighted by molar-refractivity contribution is -0.137. The van der Waals surface area contributed by atoms with Crippen molar-refractivity contribution in [3.8, 4) is 0 Å². The number of nitrogens with zero attached hydrogens (tertiary/aromatic N) is 1. The molecule has 0 saturated carbocycles. The third-order valence-electron chi connectivity index (χ3n) is 1.90. The molecule has 0 aliphatic carbocycles. The molecule has 86 valence electrons. The standard InChI is InChI=1S/C9H18F3NS/c1-8(2,7-14)6-13(3)5-4-9(10,11)12/h14H,4-7H2,1-3H3. The third kappa shape index (κ3) is 7.50. The third-order valence-corrected chi connectivity index (χ3v) is 2.76. The first-order valence-electron chi connectivity index (χ1n) is 4.52. The van der Waals surface area contributed by atoms with E-state index >= 15 is 0 Å². The Bertz CT molecular complexity index is 168. The predicted octanol–water partition coefficient (Wildman–Crippen LogP) is 2.83. The van der Waals surface area contributed by atoms with Crippen LogP contribution in [0.15, 0.2) is 0 Å². The van der Waals surface area contributed by atoms with Crippen LogP contribution in [0.4, 0.5) is 13.2 Å². The van der Waals surface area contributed by atoms with Crippen molar-refractivity contribution in [1.29, 1.82) is 0 Å². The fourth-order valence-corrected chi connectivity index (χ4v) is 1.28. The second-order valence-electron chi connectivity index (χ2n) is 4.43. The molecular formula is C9H18F3NS. The largest absolute Gasteiger partial charge is 0.390 e. The first-order chi connectivity index (χ1) is 6.16. The van der Waals surface area contributed by atoms with E-state index in [4.69, 9.17) is 0 Å². The predicted molar refractivity (Wildman–Crippen MR) is 55.8 cm³/mol. The highest BCUT2D eigenvalue weighted by Crippen LogP contribution is 2.22. The van der Waals surface area contributed by atoms with Gasteiger partial charge in [-0.05, 0) is 18.2 Å². The summed E-state index contributed by atoms with van der Waals surface area (Å²) < 4.78 is 35.7. The molecule has 0 aliphatic rings. The number of halogens is 3. The zero-order chi connectivity index (χ0) is 11.4. The molecule has 0 amide bonds. The van der Waals surface area contributed by atoms with Crippen molar-refractivity contribution >= 4 is 12.6 Å². The highest BCUT2D eigenvalue weighted by Gasteiger charge is 2.28. The Morgan fingerprint density at radius 1 is 1.21 bits per heavy atom. The monoisotopic (exact) mass is 229 g/mol. The maximum atomic E-state index is 11.9. The molecule has 0 atom stereocenters. The second-order valence-corrected chi connectivity index (χ2v) is 4.74. The van der Waals surface area contributed by atoms with Crippen LogP contribution in [0, 0.1) is 5.41 Å². The van der Waals surface area contributed by atoms with E-state index in [0.717, 1.165) is 0 Å². The van der Waals surface area contributed by atoms with Gasteiger partial charge in [0.1, 0.15) is 0 Å². The minimum atomic E-state index is -4.06. The van der Waals surface area contributed by atoms with Gasteiger partial charge in [0.15, 0.2) is 0 Å². The van der Waals surface area contributed by atoms with E-state index in [9.17, 15) is 13.2 Å². The van der Waals surface area contributed by atoms with Crippen LogP contribution in [-0.2, 0) is 0 Å². The van der Waals surface area contributed by atoms with E-state index in [2.05, 4.69) is 12.6 Å². The van der Waals surface area contributed by atoms with Gasteiger partial charge in [0.05, 0.1) is 6.42 Å². The fraction of sp³-hybridized carbons (Fsp3) is 1.00. The second kappa shape index (κ2) is 5.26. The molecule has 0 saturated heterocycles. The minimum Gasteiger partial charge on any atom is -0.305 e. The van der Waals surface area contributed by atoms with Crippen molar-refractivity contribution in [2.45, 2.75) is 26.4 Å². The number of hydrogen-bond donors (Lipinski definition) is 1. The van der Waals surface area contributed by atoms with Gasteiger partial charge in [-0.1, -0.05) is 13.8 Å². The van der Waals surface area contributed by atoms with E-state index in [1.807, 2.05) is 13.8 Å². The molecule has 0 rings (SSSR count). The van der Waals surface area contributed by atoms with Gasteiger partial charge in [0.2, 0.25) is 0 Å². The number of thiol groups is 1. The van der Waals surface area contributed by atoms with E-state index in [1.165, 1.54) is 0 Å². The van der Waals surface area contributed by atoms with Gasteiger partial charge < -0.3 is 4.90 Å². The van der Waals surface area contributed by atoms with Crippen LogP contribution < -0.4 is 0 Å². The average molecular weight is 229 g/mol. The highest BCUT2D eigenvalue weighted by molar-refractivity contribution is 7.80. The smallest absolute Gasteiger partial charge is 0.305 e. The van der Waals surface area contributed by atoms with Gasteiger partial charge >= 0.3 is 6.18 Å². The summed E-state index contributed by atoms with van der Waals surface area (Å²) in [4.78, 5) is 1.70. The van der Waals surface area contributed by atoms with Crippen molar-refractivity contribution in [3.63, 3.8) is 0 Å². The van der Waals surface area contributed by atoms with Gasteiger partial charge in [-0.2, -0.15) is 25.8 Å². The summed E-state index contributed by atoms with van der Waals surface area (Å²) in [6.45, 7) is 4.67. The van der Waals surface area contributed by atoms with Crippen LogP contribution in [0.1, 0.15) is 20.3 Å². The fourth-order valence-electron chi connectivity index (χ4n) is 1.18. The van der Waals surface area contributed by atoms with Crippen molar-refractivity contribution in [2.24, 2.45) is 5.41 Å². The summed E-state index contributed by atoms with van der Waals surface area (Å²) in [5.41, 5.74) is -0.0382. The molecule has 0 aliphatic heterocycles. The Labute approximate surface area is 89.1 Å². The molecule has 0 N–H and O–H groups in total. The number of rotatable bonds is 5. The van der Waals surface area contributed by atoms with Crippen LogP contribution >= 0.6 is 12.6 Å². The lowest BCUT2D eigenvalue weighted by Crippen LogP contribution is -2.34. The normalized spacial score (nSPS) is 13.7. The van der Waals surface area contributed by atoms with Gasteiger partial charge in [-0.25, -0.2) is 0 Å². The van der Waals surface area contributed by atoms with Crippen LogP contribution in [0.3, 0.4) is 0 Å². The van der Waals surface area contributed by atoms with E-state index in [1.54, 1.807) is 11.9 Å². The molecule has 1 nitrogen and oxygen atoms in total. The molecule has 0 radical (unpaired) electrons. The molecule has 0 aromatic carbocycles. The molecule has 0 aromatic rings. The molecule has 14 heavy (non-hydrogen) atoms.